The minimum absolute atomic E-state index is 0.0628. The van der Waals surface area contributed by atoms with Crippen LogP contribution in [0.4, 0.5) is 19.3 Å². The van der Waals surface area contributed by atoms with Gasteiger partial charge in [0.2, 0.25) is 0 Å². The van der Waals surface area contributed by atoms with Crippen molar-refractivity contribution in [3.05, 3.63) is 89.0 Å². The Bertz CT molecular complexity index is 1330. The van der Waals surface area contributed by atoms with Crippen molar-refractivity contribution < 1.29 is 23.0 Å². The molecule has 1 saturated carbocycles. The van der Waals surface area contributed by atoms with E-state index in [1.165, 1.54) is 22.8 Å². The number of halogens is 2. The van der Waals surface area contributed by atoms with E-state index >= 15 is 0 Å². The number of ether oxygens (including phenoxy) is 2. The van der Waals surface area contributed by atoms with E-state index in [2.05, 4.69) is 58.9 Å². The summed E-state index contributed by atoms with van der Waals surface area (Å²) in [6.45, 7) is 3.86. The average molecular weight is 536 g/mol. The van der Waals surface area contributed by atoms with Gasteiger partial charge in [-0.05, 0) is 74.5 Å². The van der Waals surface area contributed by atoms with E-state index in [9.17, 15) is 13.6 Å². The fourth-order valence-corrected chi connectivity index (χ4v) is 6.30. The molecular weight excluding hydrogens is 500 g/mol. The van der Waals surface area contributed by atoms with Crippen LogP contribution in [0.3, 0.4) is 0 Å². The number of anilines is 1. The van der Waals surface area contributed by atoms with Gasteiger partial charge in [0, 0.05) is 35.8 Å². The first-order valence-corrected chi connectivity index (χ1v) is 13.4. The normalized spacial score (nSPS) is 22.7. The molecule has 6 nitrogen and oxygen atoms in total. The van der Waals surface area contributed by atoms with Gasteiger partial charge in [-0.1, -0.05) is 35.9 Å². The molecule has 2 N–H and O–H groups in total. The highest BCUT2D eigenvalue weighted by Crippen LogP contribution is 2.50. The summed E-state index contributed by atoms with van der Waals surface area (Å²) >= 11 is 0. The third-order valence-corrected chi connectivity index (χ3v) is 8.35. The topological polar surface area (TPSA) is 62.8 Å². The van der Waals surface area contributed by atoms with Crippen molar-refractivity contribution in [3.63, 3.8) is 0 Å². The summed E-state index contributed by atoms with van der Waals surface area (Å²) in [4.78, 5) is 15.3. The van der Waals surface area contributed by atoms with Crippen LogP contribution in [0, 0.1) is 18.6 Å². The quantitative estimate of drug-likeness (QED) is 0.380. The van der Waals surface area contributed by atoms with Crippen LogP contribution < -0.4 is 20.1 Å². The molecule has 1 saturated heterocycles. The Morgan fingerprint density at radius 1 is 0.974 bits per heavy atom. The number of hydrogen-bond acceptors (Lipinski definition) is 4. The summed E-state index contributed by atoms with van der Waals surface area (Å²) in [6, 6.07) is 17.9. The molecule has 2 aliphatic rings. The minimum atomic E-state index is -0.997. The summed E-state index contributed by atoms with van der Waals surface area (Å²) in [5, 5.41) is 5.72. The molecule has 0 unspecified atom stereocenters. The van der Waals surface area contributed by atoms with E-state index < -0.39 is 17.7 Å². The van der Waals surface area contributed by atoms with Crippen molar-refractivity contribution >= 4 is 11.7 Å². The number of rotatable bonds is 7. The number of nitrogens with zero attached hydrogens (tertiary/aromatic N) is 1. The van der Waals surface area contributed by atoms with Gasteiger partial charge in [-0.2, -0.15) is 0 Å². The van der Waals surface area contributed by atoms with Crippen LogP contribution in [0.5, 0.6) is 11.5 Å². The van der Waals surface area contributed by atoms with E-state index in [1.807, 2.05) is 6.07 Å². The van der Waals surface area contributed by atoms with Gasteiger partial charge in [-0.3, -0.25) is 4.90 Å². The SMILES string of the molecule is COc1ccc([C@@]23CC[C@@H](NC(=O)Nc4ccc(F)c(F)c4)C[C@@H]2N(Cc2ccc(C)cc2)CC3)cc1OC. The predicted molar refractivity (Wildman–Crippen MR) is 147 cm³/mol. The van der Waals surface area contributed by atoms with Crippen molar-refractivity contribution in [2.75, 3.05) is 26.1 Å². The number of aryl methyl sites for hydroxylation is 1. The summed E-state index contributed by atoms with van der Waals surface area (Å²) in [5.41, 5.74) is 3.84. The van der Waals surface area contributed by atoms with E-state index in [0.717, 1.165) is 50.9 Å². The monoisotopic (exact) mass is 535 g/mol. The van der Waals surface area contributed by atoms with Crippen molar-refractivity contribution in [1.82, 2.24) is 10.2 Å². The Labute approximate surface area is 228 Å². The maximum atomic E-state index is 13.6. The molecule has 1 heterocycles. The Hall–Kier alpha value is -3.65. The zero-order valence-corrected chi connectivity index (χ0v) is 22.6. The highest BCUT2D eigenvalue weighted by molar-refractivity contribution is 5.89. The Balaban J connectivity index is 1.38. The van der Waals surface area contributed by atoms with Crippen LogP contribution in [-0.4, -0.2) is 43.8 Å². The first-order chi connectivity index (χ1) is 18.8. The van der Waals surface area contributed by atoms with Gasteiger partial charge in [-0.25, -0.2) is 13.6 Å². The number of fused-ring (bicyclic) bond motifs is 1. The fraction of sp³-hybridized carbons (Fsp3) is 0.387. The molecule has 0 aromatic heterocycles. The first kappa shape index (κ1) is 26.9. The average Bonchev–Trinajstić information content (AvgIpc) is 3.30. The Morgan fingerprint density at radius 2 is 1.74 bits per heavy atom. The molecule has 1 aliphatic carbocycles. The first-order valence-electron chi connectivity index (χ1n) is 13.4. The third kappa shape index (κ3) is 5.57. The molecule has 8 heteroatoms. The molecule has 3 aromatic carbocycles. The minimum Gasteiger partial charge on any atom is -0.493 e. The van der Waals surface area contributed by atoms with Crippen molar-refractivity contribution in [2.45, 2.75) is 56.7 Å². The van der Waals surface area contributed by atoms with Crippen LogP contribution in [0.15, 0.2) is 60.7 Å². The maximum Gasteiger partial charge on any atom is 0.319 e. The van der Waals surface area contributed by atoms with Crippen LogP contribution in [0.1, 0.15) is 42.4 Å². The number of likely N-dealkylation sites (tertiary alicyclic amines) is 1. The molecule has 5 rings (SSSR count). The van der Waals surface area contributed by atoms with Gasteiger partial charge in [0.15, 0.2) is 23.1 Å². The molecule has 0 bridgehead atoms. The second-order valence-electron chi connectivity index (χ2n) is 10.6. The summed E-state index contributed by atoms with van der Waals surface area (Å²) < 4.78 is 38.0. The van der Waals surface area contributed by atoms with E-state index in [0.29, 0.717) is 11.5 Å². The van der Waals surface area contributed by atoms with E-state index in [4.69, 9.17) is 9.47 Å². The number of benzene rings is 3. The lowest BCUT2D eigenvalue weighted by Gasteiger charge is -2.45. The van der Waals surface area contributed by atoms with Crippen molar-refractivity contribution in [3.8, 4) is 11.5 Å². The molecule has 2 fully saturated rings. The van der Waals surface area contributed by atoms with E-state index in [-0.39, 0.29) is 23.2 Å². The van der Waals surface area contributed by atoms with Gasteiger partial charge in [0.05, 0.1) is 14.2 Å². The van der Waals surface area contributed by atoms with Gasteiger partial charge >= 0.3 is 6.03 Å². The lowest BCUT2D eigenvalue weighted by Crippen LogP contribution is -2.52. The van der Waals surface area contributed by atoms with Gasteiger partial charge < -0.3 is 20.1 Å². The lowest BCUT2D eigenvalue weighted by atomic mass is 9.65. The smallest absolute Gasteiger partial charge is 0.319 e. The summed E-state index contributed by atoms with van der Waals surface area (Å²) in [5.74, 6) is -0.531. The van der Waals surface area contributed by atoms with Gasteiger partial charge in [-0.15, -0.1) is 0 Å². The Morgan fingerprint density at radius 3 is 2.46 bits per heavy atom. The number of hydrogen-bond donors (Lipinski definition) is 2. The molecule has 0 radical (unpaired) electrons. The highest BCUT2D eigenvalue weighted by Gasteiger charge is 2.51. The zero-order valence-electron chi connectivity index (χ0n) is 22.6. The summed E-state index contributed by atoms with van der Waals surface area (Å²) in [6.07, 6.45) is 3.47. The molecule has 39 heavy (non-hydrogen) atoms. The molecule has 3 aromatic rings. The van der Waals surface area contributed by atoms with Crippen molar-refractivity contribution in [2.24, 2.45) is 0 Å². The number of methoxy groups -OCH3 is 2. The molecule has 3 atom stereocenters. The molecule has 1 aliphatic heterocycles. The van der Waals surface area contributed by atoms with Crippen LogP contribution in [0.25, 0.3) is 0 Å². The van der Waals surface area contributed by atoms with Crippen LogP contribution in [-0.2, 0) is 12.0 Å². The third-order valence-electron chi connectivity index (χ3n) is 8.35. The number of carbonyl (C=O) groups is 1. The number of urea groups is 1. The van der Waals surface area contributed by atoms with Crippen LogP contribution in [0.2, 0.25) is 0 Å². The standard InChI is InChI=1S/C31H35F2N3O3/c1-20-4-6-21(7-5-20)19-36-15-14-31(22-8-11-27(38-2)28(16-22)39-3)13-12-24(18-29(31)36)35-30(37)34-23-9-10-25(32)26(33)17-23/h4-11,16-17,24,29H,12-15,18-19H2,1-3H3,(H2,34,35,37)/t24-,29+,31+/m1/s1. The molecule has 0 spiro atoms. The largest absolute Gasteiger partial charge is 0.493 e. The molecule has 206 valence electrons. The van der Waals surface area contributed by atoms with Crippen molar-refractivity contribution in [1.29, 1.82) is 0 Å². The summed E-state index contributed by atoms with van der Waals surface area (Å²) in [7, 11) is 3.29. The second kappa shape index (κ2) is 11.2. The van der Waals surface area contributed by atoms with E-state index in [1.54, 1.807) is 14.2 Å². The highest BCUT2D eigenvalue weighted by atomic mass is 19.2. The number of carbonyl (C=O) groups excluding carboxylic acids is 1. The predicted octanol–water partition coefficient (Wildman–Crippen LogP) is 6.18. The lowest BCUT2D eigenvalue weighted by molar-refractivity contribution is 0.131. The maximum absolute atomic E-state index is 13.6. The number of amides is 2. The zero-order chi connectivity index (χ0) is 27.6. The fourth-order valence-electron chi connectivity index (χ4n) is 6.30. The second-order valence-corrected chi connectivity index (χ2v) is 10.6. The Kier molecular flexibility index (Phi) is 7.75. The van der Waals surface area contributed by atoms with Gasteiger partial charge in [0.25, 0.3) is 0 Å². The number of nitrogens with one attached hydrogen (secondary N) is 2. The van der Waals surface area contributed by atoms with Crippen LogP contribution >= 0.6 is 0 Å². The molecular formula is C31H35F2N3O3. The van der Waals surface area contributed by atoms with Gasteiger partial charge in [0.1, 0.15) is 0 Å². The molecule has 2 amide bonds.